The highest BCUT2D eigenvalue weighted by Gasteiger charge is 2.20. The molecule has 96 valence electrons. The van der Waals surface area contributed by atoms with Gasteiger partial charge in [-0.25, -0.2) is 0 Å². The predicted octanol–water partition coefficient (Wildman–Crippen LogP) is 1.47. The Hall–Kier alpha value is -1.38. The SMILES string of the molecule is O=S(=O)(Nc1ccc(Br)cc1)c1[nH]ncc1CO. The van der Waals surface area contributed by atoms with Crippen LogP contribution < -0.4 is 4.72 Å². The predicted molar refractivity (Wildman–Crippen MR) is 69.5 cm³/mol. The highest BCUT2D eigenvalue weighted by atomic mass is 79.9. The van der Waals surface area contributed by atoms with Crippen molar-refractivity contribution in [3.8, 4) is 0 Å². The Bertz CT molecular complexity index is 637. The number of hydrogen-bond donors (Lipinski definition) is 3. The number of rotatable bonds is 4. The van der Waals surface area contributed by atoms with Gasteiger partial charge >= 0.3 is 0 Å². The lowest BCUT2D eigenvalue weighted by molar-refractivity contribution is 0.278. The molecule has 0 aliphatic rings. The molecule has 1 aromatic carbocycles. The lowest BCUT2D eigenvalue weighted by Crippen LogP contribution is -2.15. The van der Waals surface area contributed by atoms with Gasteiger partial charge in [-0.3, -0.25) is 9.82 Å². The van der Waals surface area contributed by atoms with E-state index in [4.69, 9.17) is 5.11 Å². The second-order valence-corrected chi connectivity index (χ2v) is 6.03. The zero-order valence-corrected chi connectivity index (χ0v) is 11.5. The Morgan fingerprint density at radius 2 is 2.00 bits per heavy atom. The van der Waals surface area contributed by atoms with E-state index in [9.17, 15) is 8.42 Å². The molecule has 0 saturated carbocycles. The van der Waals surface area contributed by atoms with Gasteiger partial charge in [0.25, 0.3) is 10.0 Å². The number of halogens is 1. The Balaban J connectivity index is 2.30. The molecule has 0 radical (unpaired) electrons. The molecular formula is C10H10BrN3O3S. The van der Waals surface area contributed by atoms with Crippen LogP contribution in [0.4, 0.5) is 5.69 Å². The van der Waals surface area contributed by atoms with Crippen LogP contribution in [0.5, 0.6) is 0 Å². The van der Waals surface area contributed by atoms with Crippen molar-refractivity contribution in [2.24, 2.45) is 0 Å². The van der Waals surface area contributed by atoms with Crippen molar-refractivity contribution in [1.82, 2.24) is 10.2 Å². The van der Waals surface area contributed by atoms with Crippen molar-refractivity contribution in [3.05, 3.63) is 40.5 Å². The van der Waals surface area contributed by atoms with E-state index in [1.54, 1.807) is 24.3 Å². The molecule has 0 saturated heterocycles. The summed E-state index contributed by atoms with van der Waals surface area (Å²) in [5.41, 5.74) is 0.649. The fourth-order valence-electron chi connectivity index (χ4n) is 1.37. The van der Waals surface area contributed by atoms with Crippen LogP contribution in [0, 0.1) is 0 Å². The number of sulfonamides is 1. The third-order valence-electron chi connectivity index (χ3n) is 2.21. The second kappa shape index (κ2) is 5.09. The van der Waals surface area contributed by atoms with Crippen LogP contribution in [0.25, 0.3) is 0 Å². The Morgan fingerprint density at radius 3 is 2.61 bits per heavy atom. The van der Waals surface area contributed by atoms with E-state index in [1.807, 2.05) is 0 Å². The summed E-state index contributed by atoms with van der Waals surface area (Å²) in [5, 5.41) is 14.8. The number of nitrogens with one attached hydrogen (secondary N) is 2. The first-order valence-corrected chi connectivity index (χ1v) is 7.22. The number of aromatic amines is 1. The minimum absolute atomic E-state index is 0.132. The number of benzene rings is 1. The van der Waals surface area contributed by atoms with Crippen molar-refractivity contribution in [1.29, 1.82) is 0 Å². The number of H-pyrrole nitrogens is 1. The fraction of sp³-hybridized carbons (Fsp3) is 0.100. The largest absolute Gasteiger partial charge is 0.392 e. The summed E-state index contributed by atoms with van der Waals surface area (Å²) >= 11 is 3.26. The molecule has 0 fully saturated rings. The minimum atomic E-state index is -3.77. The maximum absolute atomic E-state index is 12.0. The summed E-state index contributed by atoms with van der Waals surface area (Å²) in [6.07, 6.45) is 1.27. The zero-order chi connectivity index (χ0) is 13.2. The van der Waals surface area contributed by atoms with Gasteiger partial charge in [0.05, 0.1) is 12.8 Å². The number of aliphatic hydroxyl groups excluding tert-OH is 1. The van der Waals surface area contributed by atoms with E-state index in [-0.39, 0.29) is 10.6 Å². The van der Waals surface area contributed by atoms with Gasteiger partial charge in [-0.2, -0.15) is 13.5 Å². The van der Waals surface area contributed by atoms with Crippen LogP contribution in [0.15, 0.2) is 40.0 Å². The van der Waals surface area contributed by atoms with E-state index in [0.717, 1.165) is 4.47 Å². The van der Waals surface area contributed by atoms with Gasteiger partial charge in [-0.1, -0.05) is 15.9 Å². The first-order valence-electron chi connectivity index (χ1n) is 4.94. The number of aliphatic hydroxyl groups is 1. The van der Waals surface area contributed by atoms with Gasteiger partial charge in [-0.15, -0.1) is 0 Å². The maximum Gasteiger partial charge on any atom is 0.279 e. The zero-order valence-electron chi connectivity index (χ0n) is 9.09. The van der Waals surface area contributed by atoms with Crippen LogP contribution in [-0.4, -0.2) is 23.7 Å². The van der Waals surface area contributed by atoms with Gasteiger partial charge in [0, 0.05) is 15.7 Å². The van der Waals surface area contributed by atoms with Gasteiger partial charge in [-0.05, 0) is 24.3 Å². The monoisotopic (exact) mass is 331 g/mol. The number of anilines is 1. The molecule has 0 unspecified atom stereocenters. The quantitative estimate of drug-likeness (QED) is 0.790. The Morgan fingerprint density at radius 1 is 1.33 bits per heavy atom. The Kier molecular flexibility index (Phi) is 3.69. The number of nitrogens with zero attached hydrogens (tertiary/aromatic N) is 1. The lowest BCUT2D eigenvalue weighted by Gasteiger charge is -2.07. The summed E-state index contributed by atoms with van der Waals surface area (Å²) in [6, 6.07) is 6.68. The van der Waals surface area contributed by atoms with Gasteiger partial charge < -0.3 is 5.11 Å². The molecule has 0 atom stereocenters. The summed E-state index contributed by atoms with van der Waals surface area (Å²) in [6.45, 7) is -0.396. The normalized spacial score (nSPS) is 11.4. The van der Waals surface area contributed by atoms with E-state index in [2.05, 4.69) is 30.8 Å². The van der Waals surface area contributed by atoms with E-state index >= 15 is 0 Å². The molecule has 0 aliphatic heterocycles. The summed E-state index contributed by atoms with van der Waals surface area (Å²) in [4.78, 5) is 0. The second-order valence-electron chi connectivity index (χ2n) is 3.49. The highest BCUT2D eigenvalue weighted by Crippen LogP contribution is 2.19. The van der Waals surface area contributed by atoms with Crippen LogP contribution in [-0.2, 0) is 16.6 Å². The van der Waals surface area contributed by atoms with Crippen LogP contribution in [0.2, 0.25) is 0 Å². The molecule has 2 aromatic rings. The van der Waals surface area contributed by atoms with E-state index in [1.165, 1.54) is 6.20 Å². The van der Waals surface area contributed by atoms with Crippen molar-refractivity contribution >= 4 is 31.6 Å². The van der Waals surface area contributed by atoms with E-state index < -0.39 is 16.6 Å². The molecule has 18 heavy (non-hydrogen) atoms. The standard InChI is InChI=1S/C10H10BrN3O3S/c11-8-1-3-9(4-2-8)14-18(16,17)10-7(6-15)5-12-13-10/h1-5,14-15H,6H2,(H,12,13). The average Bonchev–Trinajstić information content (AvgIpc) is 2.81. The summed E-state index contributed by atoms with van der Waals surface area (Å²) in [7, 11) is -3.77. The van der Waals surface area contributed by atoms with E-state index in [0.29, 0.717) is 5.69 Å². The summed E-state index contributed by atoms with van der Waals surface area (Å²) < 4.78 is 27.3. The minimum Gasteiger partial charge on any atom is -0.392 e. The van der Waals surface area contributed by atoms with Crippen LogP contribution >= 0.6 is 15.9 Å². The van der Waals surface area contributed by atoms with Gasteiger partial charge in [0.1, 0.15) is 0 Å². The molecule has 1 aromatic heterocycles. The molecule has 0 spiro atoms. The van der Waals surface area contributed by atoms with Crippen LogP contribution in [0.1, 0.15) is 5.56 Å². The highest BCUT2D eigenvalue weighted by molar-refractivity contribution is 9.10. The molecule has 6 nitrogen and oxygen atoms in total. The molecular weight excluding hydrogens is 322 g/mol. The number of hydrogen-bond acceptors (Lipinski definition) is 4. The van der Waals surface area contributed by atoms with Crippen LogP contribution in [0.3, 0.4) is 0 Å². The summed E-state index contributed by atoms with van der Waals surface area (Å²) in [5.74, 6) is 0. The first-order chi connectivity index (χ1) is 8.53. The van der Waals surface area contributed by atoms with Crippen molar-refractivity contribution in [3.63, 3.8) is 0 Å². The first kappa shape index (κ1) is 13.1. The molecule has 0 aliphatic carbocycles. The fourth-order valence-corrected chi connectivity index (χ4v) is 2.82. The average molecular weight is 332 g/mol. The molecule has 3 N–H and O–H groups in total. The molecule has 8 heteroatoms. The molecule has 2 rings (SSSR count). The molecule has 1 heterocycles. The van der Waals surface area contributed by atoms with Crippen molar-refractivity contribution in [2.75, 3.05) is 4.72 Å². The third-order valence-corrected chi connectivity index (χ3v) is 4.14. The van der Waals surface area contributed by atoms with Gasteiger partial charge in [0.2, 0.25) is 0 Å². The smallest absolute Gasteiger partial charge is 0.279 e. The topological polar surface area (TPSA) is 95.1 Å². The Labute approximate surface area is 112 Å². The van der Waals surface area contributed by atoms with Crippen molar-refractivity contribution < 1.29 is 13.5 Å². The van der Waals surface area contributed by atoms with Gasteiger partial charge in [0.15, 0.2) is 5.03 Å². The third kappa shape index (κ3) is 2.71. The van der Waals surface area contributed by atoms with Crippen molar-refractivity contribution in [2.45, 2.75) is 11.6 Å². The maximum atomic E-state index is 12.0. The molecule has 0 bridgehead atoms. The lowest BCUT2D eigenvalue weighted by atomic mass is 10.3. The number of aromatic nitrogens is 2. The molecule has 0 amide bonds.